The zero-order valence-electron chi connectivity index (χ0n) is 10.0. The van der Waals surface area contributed by atoms with E-state index in [0.29, 0.717) is 10.7 Å². The van der Waals surface area contributed by atoms with Gasteiger partial charge in [-0.3, -0.25) is 4.79 Å². The Hall–Kier alpha value is -1.50. The second-order valence-corrected chi connectivity index (χ2v) is 3.89. The van der Waals surface area contributed by atoms with Crippen LogP contribution in [0.1, 0.15) is 21.9 Å². The van der Waals surface area contributed by atoms with Crippen molar-refractivity contribution in [1.29, 1.82) is 0 Å². The van der Waals surface area contributed by atoms with Crippen LogP contribution in [0, 0.1) is 13.8 Å². The summed E-state index contributed by atoms with van der Waals surface area (Å²) in [5.74, 6) is -0.0786. The van der Waals surface area contributed by atoms with Crippen molar-refractivity contribution >= 4 is 5.91 Å². The highest BCUT2D eigenvalue weighted by Crippen LogP contribution is 2.20. The summed E-state index contributed by atoms with van der Waals surface area (Å²) in [5, 5.41) is 8.72. The van der Waals surface area contributed by atoms with Crippen LogP contribution in [0.4, 0.5) is 13.2 Å². The van der Waals surface area contributed by atoms with Gasteiger partial charge in [0.25, 0.3) is 5.91 Å². The van der Waals surface area contributed by atoms with Crippen LogP contribution in [0.5, 0.6) is 0 Å². The van der Waals surface area contributed by atoms with Crippen LogP contribution in [-0.2, 0) is 0 Å². The number of furan rings is 1. The molecule has 0 bridgehead atoms. The first-order valence-corrected chi connectivity index (χ1v) is 5.28. The summed E-state index contributed by atoms with van der Waals surface area (Å²) in [5.41, 5.74) is 0.0881. The zero-order valence-corrected chi connectivity index (χ0v) is 10.0. The summed E-state index contributed by atoms with van der Waals surface area (Å²) < 4.78 is 42.0. The molecule has 0 aliphatic carbocycles. The summed E-state index contributed by atoms with van der Waals surface area (Å²) in [6.45, 7) is 0.810. The first-order chi connectivity index (χ1) is 8.24. The summed E-state index contributed by atoms with van der Waals surface area (Å²) in [7, 11) is 0. The molecule has 102 valence electrons. The van der Waals surface area contributed by atoms with Crippen molar-refractivity contribution in [1.82, 2.24) is 4.90 Å². The summed E-state index contributed by atoms with van der Waals surface area (Å²) in [6.07, 6.45) is -4.50. The Morgan fingerprint density at radius 3 is 2.44 bits per heavy atom. The Morgan fingerprint density at radius 2 is 2.06 bits per heavy atom. The van der Waals surface area contributed by atoms with Crippen molar-refractivity contribution in [3.8, 4) is 0 Å². The van der Waals surface area contributed by atoms with Crippen LogP contribution in [0.3, 0.4) is 0 Å². The molecule has 0 spiro atoms. The number of aliphatic hydroxyl groups excluding tert-OH is 1. The van der Waals surface area contributed by atoms with Crippen LogP contribution < -0.4 is 0 Å². The first kappa shape index (κ1) is 14.6. The molecule has 1 heterocycles. The van der Waals surface area contributed by atoms with Gasteiger partial charge in [-0.2, -0.15) is 13.2 Å². The fourth-order valence-electron chi connectivity index (χ4n) is 1.60. The normalized spacial score (nSPS) is 11.7. The number of amides is 1. The number of nitrogens with zero attached hydrogens (tertiary/aromatic N) is 1. The Balaban J connectivity index is 2.92. The summed E-state index contributed by atoms with van der Waals surface area (Å²) >= 11 is 0. The monoisotopic (exact) mass is 265 g/mol. The quantitative estimate of drug-likeness (QED) is 0.904. The van der Waals surface area contributed by atoms with E-state index in [9.17, 15) is 18.0 Å². The van der Waals surface area contributed by atoms with E-state index in [0.717, 1.165) is 0 Å². The maximum absolute atomic E-state index is 12.3. The zero-order chi connectivity index (χ0) is 13.9. The fourth-order valence-corrected chi connectivity index (χ4v) is 1.60. The van der Waals surface area contributed by atoms with E-state index in [1.165, 1.54) is 13.0 Å². The van der Waals surface area contributed by atoms with Gasteiger partial charge in [0.15, 0.2) is 0 Å². The van der Waals surface area contributed by atoms with Gasteiger partial charge in [0, 0.05) is 6.54 Å². The van der Waals surface area contributed by atoms with Crippen LogP contribution in [0.2, 0.25) is 0 Å². The number of aryl methyl sites for hydroxylation is 2. The van der Waals surface area contributed by atoms with E-state index < -0.39 is 25.2 Å². The van der Waals surface area contributed by atoms with Gasteiger partial charge in [-0.15, -0.1) is 0 Å². The lowest BCUT2D eigenvalue weighted by Gasteiger charge is -2.22. The van der Waals surface area contributed by atoms with Gasteiger partial charge in [0.1, 0.15) is 18.1 Å². The van der Waals surface area contributed by atoms with E-state index in [-0.39, 0.29) is 17.9 Å². The molecule has 7 heteroatoms. The average molecular weight is 265 g/mol. The molecule has 0 aliphatic heterocycles. The van der Waals surface area contributed by atoms with E-state index in [1.54, 1.807) is 6.92 Å². The molecule has 1 amide bonds. The molecule has 0 fully saturated rings. The Labute approximate surface area is 102 Å². The minimum atomic E-state index is -4.50. The Kier molecular flexibility index (Phi) is 4.39. The van der Waals surface area contributed by atoms with E-state index >= 15 is 0 Å². The third-order valence-corrected chi connectivity index (χ3v) is 2.30. The molecular formula is C11H14F3NO3. The number of aliphatic hydroxyl groups is 1. The molecule has 1 N–H and O–H groups in total. The molecule has 0 aromatic carbocycles. The largest absolute Gasteiger partial charge is 0.466 e. The van der Waals surface area contributed by atoms with Gasteiger partial charge in [-0.1, -0.05) is 0 Å². The van der Waals surface area contributed by atoms with Crippen molar-refractivity contribution < 1.29 is 27.5 Å². The number of rotatable bonds is 4. The molecular weight excluding hydrogens is 251 g/mol. The number of halogens is 3. The number of carbonyl (C=O) groups is 1. The second kappa shape index (κ2) is 5.43. The highest BCUT2D eigenvalue weighted by molar-refractivity contribution is 5.95. The first-order valence-electron chi connectivity index (χ1n) is 5.28. The Morgan fingerprint density at radius 1 is 1.44 bits per heavy atom. The van der Waals surface area contributed by atoms with Gasteiger partial charge < -0.3 is 14.4 Å². The molecule has 0 aliphatic rings. The van der Waals surface area contributed by atoms with E-state index in [4.69, 9.17) is 9.52 Å². The summed E-state index contributed by atoms with van der Waals surface area (Å²) in [6, 6.07) is 1.39. The third kappa shape index (κ3) is 3.76. The molecule has 0 unspecified atom stereocenters. The van der Waals surface area contributed by atoms with E-state index in [1.807, 2.05) is 0 Å². The van der Waals surface area contributed by atoms with Gasteiger partial charge in [0.2, 0.25) is 0 Å². The number of hydrogen-bond acceptors (Lipinski definition) is 3. The van der Waals surface area contributed by atoms with Crippen LogP contribution in [0.15, 0.2) is 10.5 Å². The van der Waals surface area contributed by atoms with Crippen molar-refractivity contribution in [2.45, 2.75) is 20.0 Å². The lowest BCUT2D eigenvalue weighted by Crippen LogP contribution is -2.40. The molecule has 0 saturated carbocycles. The predicted octanol–water partition coefficient (Wildman–Crippen LogP) is 1.89. The minimum Gasteiger partial charge on any atom is -0.466 e. The van der Waals surface area contributed by atoms with Crippen molar-refractivity contribution in [3.63, 3.8) is 0 Å². The third-order valence-electron chi connectivity index (χ3n) is 2.30. The van der Waals surface area contributed by atoms with Crippen molar-refractivity contribution in [2.75, 3.05) is 19.7 Å². The second-order valence-electron chi connectivity index (χ2n) is 3.89. The average Bonchev–Trinajstić information content (AvgIpc) is 2.54. The number of alkyl halides is 3. The van der Waals surface area contributed by atoms with Gasteiger partial charge in [-0.25, -0.2) is 0 Å². The van der Waals surface area contributed by atoms with E-state index in [2.05, 4.69) is 0 Å². The highest BCUT2D eigenvalue weighted by atomic mass is 19.4. The highest BCUT2D eigenvalue weighted by Gasteiger charge is 2.33. The molecule has 1 aromatic rings. The maximum atomic E-state index is 12.3. The van der Waals surface area contributed by atoms with Crippen molar-refractivity contribution in [2.24, 2.45) is 0 Å². The molecule has 18 heavy (non-hydrogen) atoms. The predicted molar refractivity (Wildman–Crippen MR) is 57.2 cm³/mol. The molecule has 0 atom stereocenters. The van der Waals surface area contributed by atoms with Gasteiger partial charge >= 0.3 is 6.18 Å². The maximum Gasteiger partial charge on any atom is 0.406 e. The van der Waals surface area contributed by atoms with Crippen LogP contribution in [-0.4, -0.2) is 41.8 Å². The van der Waals surface area contributed by atoms with Crippen LogP contribution in [0.25, 0.3) is 0 Å². The van der Waals surface area contributed by atoms with Crippen LogP contribution >= 0.6 is 0 Å². The number of hydrogen-bond donors (Lipinski definition) is 1. The SMILES string of the molecule is Cc1cc(C(=O)N(CCO)CC(F)(F)F)c(C)o1. The lowest BCUT2D eigenvalue weighted by atomic mass is 10.2. The lowest BCUT2D eigenvalue weighted by molar-refractivity contribution is -0.141. The topological polar surface area (TPSA) is 53.7 Å². The summed E-state index contributed by atoms with van der Waals surface area (Å²) in [4.78, 5) is 12.5. The smallest absolute Gasteiger partial charge is 0.406 e. The van der Waals surface area contributed by atoms with Crippen molar-refractivity contribution in [3.05, 3.63) is 23.2 Å². The molecule has 4 nitrogen and oxygen atoms in total. The molecule has 0 saturated heterocycles. The molecule has 1 aromatic heterocycles. The van der Waals surface area contributed by atoms with Gasteiger partial charge in [0.05, 0.1) is 12.2 Å². The number of carbonyl (C=O) groups excluding carboxylic acids is 1. The standard InChI is InChI=1S/C11H14F3NO3/c1-7-5-9(8(2)18-7)10(17)15(3-4-16)6-11(12,13)14/h5,16H,3-4,6H2,1-2H3. The van der Waals surface area contributed by atoms with Gasteiger partial charge in [-0.05, 0) is 19.9 Å². The molecule has 1 rings (SSSR count). The fraction of sp³-hybridized carbons (Fsp3) is 0.545. The Bertz CT molecular complexity index is 426. The minimum absolute atomic E-state index is 0.0881. The molecule has 0 radical (unpaired) electrons.